The number of esters is 1. The number of rotatable bonds is 5. The molecule has 1 heterocycles. The third kappa shape index (κ3) is 4.15. The number of ether oxygens (including phenoxy) is 1. The summed E-state index contributed by atoms with van der Waals surface area (Å²) < 4.78 is 43.3. The first-order valence-electron chi connectivity index (χ1n) is 8.24. The predicted octanol–water partition coefficient (Wildman–Crippen LogP) is 4.01. The maximum atomic E-state index is 12.9. The Labute approximate surface area is 162 Å². The van der Waals surface area contributed by atoms with Crippen LogP contribution in [0, 0.1) is 5.82 Å². The van der Waals surface area contributed by atoms with E-state index in [2.05, 4.69) is 9.72 Å². The van der Waals surface area contributed by atoms with E-state index in [0.717, 1.165) is 18.2 Å². The molecule has 0 saturated heterocycles. The largest absolute Gasteiger partial charge is 0.464 e. The molecule has 0 amide bonds. The van der Waals surface area contributed by atoms with Gasteiger partial charge in [0.15, 0.2) is 5.69 Å². The number of sulfone groups is 1. The fourth-order valence-corrected chi connectivity index (χ4v) is 3.91. The van der Waals surface area contributed by atoms with Crippen molar-refractivity contribution < 1.29 is 22.3 Å². The van der Waals surface area contributed by atoms with Gasteiger partial charge in [-0.2, -0.15) is 0 Å². The summed E-state index contributed by atoms with van der Waals surface area (Å²) >= 11 is 0. The second-order valence-corrected chi connectivity index (χ2v) is 7.72. The van der Waals surface area contributed by atoms with Gasteiger partial charge in [-0.05, 0) is 47.5 Å². The van der Waals surface area contributed by atoms with E-state index in [1.165, 1.54) is 42.6 Å². The zero-order valence-electron chi connectivity index (χ0n) is 14.9. The number of benzene rings is 2. The predicted molar refractivity (Wildman–Crippen MR) is 103 cm³/mol. The summed E-state index contributed by atoms with van der Waals surface area (Å²) in [4.78, 5) is 15.5. The minimum Gasteiger partial charge on any atom is -0.464 e. The first-order valence-corrected chi connectivity index (χ1v) is 9.72. The first-order chi connectivity index (χ1) is 13.4. The van der Waals surface area contributed by atoms with Crippen molar-refractivity contribution in [2.75, 3.05) is 7.11 Å². The van der Waals surface area contributed by atoms with Gasteiger partial charge in [0.2, 0.25) is 9.84 Å². The number of halogens is 1. The molecule has 142 valence electrons. The monoisotopic (exact) mass is 397 g/mol. The van der Waals surface area contributed by atoms with Crippen LogP contribution in [-0.4, -0.2) is 26.5 Å². The molecule has 1 aromatic heterocycles. The lowest BCUT2D eigenvalue weighted by Gasteiger charge is -2.08. The lowest BCUT2D eigenvalue weighted by molar-refractivity contribution is 0.0589. The number of hydrogen-bond acceptors (Lipinski definition) is 5. The molecule has 0 aliphatic carbocycles. The molecule has 0 fully saturated rings. The Kier molecular flexibility index (Phi) is 5.65. The Balaban J connectivity index is 1.89. The summed E-state index contributed by atoms with van der Waals surface area (Å²) in [5.74, 6) is -1.13. The molecule has 5 nitrogen and oxygen atoms in total. The molecule has 2 aromatic carbocycles. The molecule has 0 bridgehead atoms. The van der Waals surface area contributed by atoms with E-state index in [-0.39, 0.29) is 21.3 Å². The van der Waals surface area contributed by atoms with E-state index in [4.69, 9.17) is 0 Å². The van der Waals surface area contributed by atoms with E-state index < -0.39 is 15.8 Å². The summed E-state index contributed by atoms with van der Waals surface area (Å²) in [7, 11) is -2.78. The lowest BCUT2D eigenvalue weighted by Crippen LogP contribution is -2.13. The second-order valence-electron chi connectivity index (χ2n) is 5.80. The standard InChI is InChI=1S/C21H16FNO4S/c1-27-21(24)20-19(3-2-14-23-20)28(25,26)18-12-8-16(9-13-18)5-4-15-6-10-17(22)11-7-15/h2-14H,1H3. The smallest absolute Gasteiger partial charge is 0.358 e. The molecule has 0 radical (unpaired) electrons. The highest BCUT2D eigenvalue weighted by molar-refractivity contribution is 7.91. The van der Waals surface area contributed by atoms with E-state index >= 15 is 0 Å². The van der Waals surface area contributed by atoms with Gasteiger partial charge in [0.25, 0.3) is 0 Å². The van der Waals surface area contributed by atoms with Crippen molar-refractivity contribution in [2.24, 2.45) is 0 Å². The van der Waals surface area contributed by atoms with Gasteiger partial charge in [0, 0.05) is 6.20 Å². The molecule has 7 heteroatoms. The summed E-state index contributed by atoms with van der Waals surface area (Å²) in [5.41, 5.74) is 1.32. The normalized spacial score (nSPS) is 11.5. The SMILES string of the molecule is COC(=O)c1ncccc1S(=O)(=O)c1ccc(C=Cc2ccc(F)cc2)cc1. The van der Waals surface area contributed by atoms with Gasteiger partial charge in [-0.1, -0.05) is 36.4 Å². The second kappa shape index (κ2) is 8.14. The highest BCUT2D eigenvalue weighted by Gasteiger charge is 2.25. The molecule has 0 aliphatic heterocycles. The number of aromatic nitrogens is 1. The Morgan fingerprint density at radius 2 is 1.54 bits per heavy atom. The maximum Gasteiger partial charge on any atom is 0.358 e. The van der Waals surface area contributed by atoms with Crippen LogP contribution < -0.4 is 0 Å². The number of nitrogens with zero attached hydrogens (tertiary/aromatic N) is 1. The van der Waals surface area contributed by atoms with Crippen LogP contribution >= 0.6 is 0 Å². The molecule has 0 spiro atoms. The molecular formula is C21H16FNO4S. The number of hydrogen-bond donors (Lipinski definition) is 0. The molecule has 0 unspecified atom stereocenters. The molecule has 3 rings (SSSR count). The summed E-state index contributed by atoms with van der Waals surface area (Å²) in [6.45, 7) is 0. The van der Waals surface area contributed by atoms with Crippen LogP contribution in [0.1, 0.15) is 21.6 Å². The van der Waals surface area contributed by atoms with Gasteiger partial charge in [0.1, 0.15) is 10.7 Å². The van der Waals surface area contributed by atoms with Crippen molar-refractivity contribution in [1.29, 1.82) is 0 Å². The van der Waals surface area contributed by atoms with Crippen LogP contribution in [0.15, 0.2) is 76.7 Å². The number of carbonyl (C=O) groups is 1. The van der Waals surface area contributed by atoms with Crippen molar-refractivity contribution in [3.63, 3.8) is 0 Å². The summed E-state index contributed by atoms with van der Waals surface area (Å²) in [6.07, 6.45) is 4.90. The summed E-state index contributed by atoms with van der Waals surface area (Å²) in [6, 6.07) is 15.0. The average molecular weight is 397 g/mol. The van der Waals surface area contributed by atoms with E-state index in [1.807, 2.05) is 0 Å². The molecule has 0 aliphatic rings. The van der Waals surface area contributed by atoms with Gasteiger partial charge in [-0.15, -0.1) is 0 Å². The highest BCUT2D eigenvalue weighted by Crippen LogP contribution is 2.24. The molecule has 0 N–H and O–H groups in total. The molecule has 0 atom stereocenters. The van der Waals surface area contributed by atoms with Crippen molar-refractivity contribution >= 4 is 28.0 Å². The van der Waals surface area contributed by atoms with Gasteiger partial charge in [-0.25, -0.2) is 22.6 Å². The molecular weight excluding hydrogens is 381 g/mol. The van der Waals surface area contributed by atoms with E-state index in [1.54, 1.807) is 36.4 Å². The van der Waals surface area contributed by atoms with E-state index in [0.29, 0.717) is 0 Å². The minimum absolute atomic E-state index is 0.0320. The fraction of sp³-hybridized carbons (Fsp3) is 0.0476. The molecule has 0 saturated carbocycles. The van der Waals surface area contributed by atoms with Gasteiger partial charge in [0.05, 0.1) is 12.0 Å². The van der Waals surface area contributed by atoms with Crippen molar-refractivity contribution in [3.05, 3.63) is 89.5 Å². The maximum absolute atomic E-state index is 12.9. The van der Waals surface area contributed by atoms with Crippen LogP contribution in [0.2, 0.25) is 0 Å². The van der Waals surface area contributed by atoms with Crippen molar-refractivity contribution in [3.8, 4) is 0 Å². The highest BCUT2D eigenvalue weighted by atomic mass is 32.2. The zero-order valence-corrected chi connectivity index (χ0v) is 15.7. The van der Waals surface area contributed by atoms with Crippen LogP contribution in [-0.2, 0) is 14.6 Å². The number of methoxy groups -OCH3 is 1. The third-order valence-corrected chi connectivity index (χ3v) is 5.77. The Morgan fingerprint density at radius 1 is 0.964 bits per heavy atom. The lowest BCUT2D eigenvalue weighted by atomic mass is 10.1. The average Bonchev–Trinajstić information content (AvgIpc) is 2.73. The summed E-state index contributed by atoms with van der Waals surface area (Å²) in [5, 5.41) is 0. The Morgan fingerprint density at radius 3 is 2.11 bits per heavy atom. The van der Waals surface area contributed by atoms with Crippen molar-refractivity contribution in [2.45, 2.75) is 9.79 Å². The van der Waals surface area contributed by atoms with Crippen LogP contribution in [0.5, 0.6) is 0 Å². The minimum atomic E-state index is -3.94. The quantitative estimate of drug-likeness (QED) is 0.480. The van der Waals surface area contributed by atoms with Crippen LogP contribution in [0.25, 0.3) is 12.2 Å². The Hall–Kier alpha value is -3.32. The number of pyridine rings is 1. The van der Waals surface area contributed by atoms with Crippen molar-refractivity contribution in [1.82, 2.24) is 4.98 Å². The molecule has 28 heavy (non-hydrogen) atoms. The van der Waals surface area contributed by atoms with Gasteiger partial charge in [-0.3, -0.25) is 0 Å². The van der Waals surface area contributed by atoms with E-state index in [9.17, 15) is 17.6 Å². The molecule has 3 aromatic rings. The van der Waals surface area contributed by atoms with Gasteiger partial charge < -0.3 is 4.74 Å². The Bertz CT molecular complexity index is 1120. The first kappa shape index (κ1) is 19.4. The van der Waals surface area contributed by atoms with Crippen LogP contribution in [0.4, 0.5) is 4.39 Å². The van der Waals surface area contributed by atoms with Crippen LogP contribution in [0.3, 0.4) is 0 Å². The zero-order chi connectivity index (χ0) is 20.1. The fourth-order valence-electron chi connectivity index (χ4n) is 2.51. The third-order valence-electron chi connectivity index (χ3n) is 3.97. The topological polar surface area (TPSA) is 73.3 Å². The number of carbonyl (C=O) groups excluding carboxylic acids is 1. The van der Waals surface area contributed by atoms with Gasteiger partial charge >= 0.3 is 5.97 Å².